The molecule has 1 saturated heterocycles. The summed E-state index contributed by atoms with van der Waals surface area (Å²) in [6.07, 6.45) is -1.11. The fourth-order valence-electron chi connectivity index (χ4n) is 3.60. The van der Waals surface area contributed by atoms with Crippen molar-refractivity contribution in [2.24, 2.45) is 17.6 Å². The summed E-state index contributed by atoms with van der Waals surface area (Å²) in [4.78, 5) is 5.43. The van der Waals surface area contributed by atoms with Gasteiger partial charge < -0.3 is 16.0 Å². The van der Waals surface area contributed by atoms with Crippen LogP contribution in [0.4, 0.5) is 18.9 Å². The Bertz CT molecular complexity index is 563. The van der Waals surface area contributed by atoms with E-state index in [1.807, 2.05) is 4.90 Å². The zero-order valence-corrected chi connectivity index (χ0v) is 12.6. The second-order valence-electron chi connectivity index (χ2n) is 5.93. The molecule has 0 aromatic carbocycles. The molecule has 0 radical (unpaired) electrons. The van der Waals surface area contributed by atoms with E-state index in [-0.39, 0.29) is 6.04 Å². The number of nitrogens with two attached hydrogens (primary N) is 1. The summed E-state index contributed by atoms with van der Waals surface area (Å²) >= 11 is 4.91. The van der Waals surface area contributed by atoms with Gasteiger partial charge in [-0.3, -0.25) is 4.98 Å². The molecule has 3 N–H and O–H groups in total. The highest BCUT2D eigenvalue weighted by Gasteiger charge is 2.42. The van der Waals surface area contributed by atoms with Gasteiger partial charge in [-0.1, -0.05) is 0 Å². The van der Waals surface area contributed by atoms with Crippen LogP contribution in [0.15, 0.2) is 18.3 Å². The van der Waals surface area contributed by atoms with Crippen molar-refractivity contribution in [3.8, 4) is 0 Å². The predicted octanol–water partition coefficient (Wildman–Crippen LogP) is 2.15. The van der Waals surface area contributed by atoms with Crippen molar-refractivity contribution in [3.05, 3.63) is 24.0 Å². The third-order valence-corrected chi connectivity index (χ3v) is 4.66. The maximum absolute atomic E-state index is 12.8. The molecule has 1 aromatic rings. The molecule has 22 heavy (non-hydrogen) atoms. The normalized spacial score (nSPS) is 27.8. The lowest BCUT2D eigenvalue weighted by Gasteiger charge is -2.39. The van der Waals surface area contributed by atoms with Crippen molar-refractivity contribution < 1.29 is 13.2 Å². The van der Waals surface area contributed by atoms with Crippen molar-refractivity contribution in [2.75, 3.05) is 18.0 Å². The number of anilines is 1. The SMILES string of the molecule is NC(=S)N[C@@H]1C2CC[C@H]1CN(c1ccnc(C(F)(F)F)c1)C2. The van der Waals surface area contributed by atoms with Crippen LogP contribution < -0.4 is 16.0 Å². The average molecular weight is 330 g/mol. The number of nitrogens with one attached hydrogen (secondary N) is 1. The van der Waals surface area contributed by atoms with E-state index >= 15 is 0 Å². The fourth-order valence-corrected chi connectivity index (χ4v) is 3.74. The second kappa shape index (κ2) is 5.57. The number of thiocarbonyl (C=S) groups is 1. The minimum atomic E-state index is -4.42. The summed E-state index contributed by atoms with van der Waals surface area (Å²) in [5, 5.41) is 3.43. The van der Waals surface area contributed by atoms with Crippen molar-refractivity contribution in [3.63, 3.8) is 0 Å². The van der Waals surface area contributed by atoms with Crippen molar-refractivity contribution in [2.45, 2.75) is 25.1 Å². The van der Waals surface area contributed by atoms with Crippen LogP contribution in [-0.2, 0) is 6.18 Å². The molecule has 1 aromatic heterocycles. The molecular formula is C14H17F3N4S. The Morgan fingerprint density at radius 2 is 1.95 bits per heavy atom. The average Bonchev–Trinajstić information content (AvgIpc) is 2.69. The Kier molecular flexibility index (Phi) is 3.88. The van der Waals surface area contributed by atoms with Crippen LogP contribution in [0.1, 0.15) is 18.5 Å². The van der Waals surface area contributed by atoms with E-state index in [0.29, 0.717) is 35.7 Å². The molecule has 4 nitrogen and oxygen atoms in total. The summed E-state index contributed by atoms with van der Waals surface area (Å²) < 4.78 is 38.4. The van der Waals surface area contributed by atoms with Gasteiger partial charge >= 0.3 is 6.18 Å². The summed E-state index contributed by atoms with van der Waals surface area (Å²) in [7, 11) is 0. The van der Waals surface area contributed by atoms with Gasteiger partial charge in [0.2, 0.25) is 0 Å². The van der Waals surface area contributed by atoms with Crippen LogP contribution in [0.5, 0.6) is 0 Å². The predicted molar refractivity (Wildman–Crippen MR) is 81.4 cm³/mol. The number of alkyl halides is 3. The van der Waals surface area contributed by atoms with Crippen LogP contribution >= 0.6 is 12.2 Å². The molecule has 1 unspecified atom stereocenters. The molecule has 2 fully saturated rings. The number of hydrogen-bond donors (Lipinski definition) is 2. The third-order valence-electron chi connectivity index (χ3n) is 4.54. The molecule has 2 bridgehead atoms. The molecule has 1 aliphatic heterocycles. The van der Waals surface area contributed by atoms with Gasteiger partial charge in [0.15, 0.2) is 5.11 Å². The van der Waals surface area contributed by atoms with Crippen LogP contribution in [0, 0.1) is 11.8 Å². The van der Waals surface area contributed by atoms with Gasteiger partial charge in [0.1, 0.15) is 5.69 Å². The van der Waals surface area contributed by atoms with Crippen molar-refractivity contribution in [1.29, 1.82) is 0 Å². The fraction of sp³-hybridized carbons (Fsp3) is 0.571. The molecular weight excluding hydrogens is 313 g/mol. The Hall–Kier alpha value is -1.57. The highest BCUT2D eigenvalue weighted by Crippen LogP contribution is 2.39. The smallest absolute Gasteiger partial charge is 0.376 e. The number of nitrogens with zero attached hydrogens (tertiary/aromatic N) is 2. The highest BCUT2D eigenvalue weighted by molar-refractivity contribution is 7.80. The summed E-state index contributed by atoms with van der Waals surface area (Å²) in [5.74, 6) is 0.700. The molecule has 8 heteroatoms. The minimum Gasteiger partial charge on any atom is -0.376 e. The number of piperidine rings is 1. The summed E-state index contributed by atoms with van der Waals surface area (Å²) in [6.45, 7) is 1.41. The lowest BCUT2D eigenvalue weighted by molar-refractivity contribution is -0.141. The molecule has 2 heterocycles. The van der Waals surface area contributed by atoms with E-state index in [4.69, 9.17) is 18.0 Å². The highest BCUT2D eigenvalue weighted by atomic mass is 32.1. The molecule has 0 amide bonds. The van der Waals surface area contributed by atoms with Gasteiger partial charge in [0.25, 0.3) is 0 Å². The number of rotatable bonds is 2. The van der Waals surface area contributed by atoms with Gasteiger partial charge in [-0.05, 0) is 49.0 Å². The maximum Gasteiger partial charge on any atom is 0.433 e. The summed E-state index contributed by atoms with van der Waals surface area (Å²) in [6, 6.07) is 2.99. The van der Waals surface area contributed by atoms with Gasteiger partial charge in [-0.2, -0.15) is 13.2 Å². The minimum absolute atomic E-state index is 0.234. The van der Waals surface area contributed by atoms with Gasteiger partial charge in [0, 0.05) is 31.0 Å². The molecule has 0 spiro atoms. The first-order valence-electron chi connectivity index (χ1n) is 7.19. The Balaban J connectivity index is 1.77. The topological polar surface area (TPSA) is 54.2 Å². The lowest BCUT2D eigenvalue weighted by Crippen LogP contribution is -2.53. The van der Waals surface area contributed by atoms with E-state index in [0.717, 1.165) is 18.9 Å². The molecule has 3 rings (SSSR count). The van der Waals surface area contributed by atoms with Crippen molar-refractivity contribution in [1.82, 2.24) is 10.3 Å². The monoisotopic (exact) mass is 330 g/mol. The van der Waals surface area contributed by atoms with Crippen LogP contribution in [0.2, 0.25) is 0 Å². The first-order valence-corrected chi connectivity index (χ1v) is 7.59. The van der Waals surface area contributed by atoms with Gasteiger partial charge in [0.05, 0.1) is 0 Å². The molecule has 3 atom stereocenters. The first-order chi connectivity index (χ1) is 10.3. The van der Waals surface area contributed by atoms with Crippen molar-refractivity contribution >= 4 is 23.0 Å². The van der Waals surface area contributed by atoms with E-state index in [9.17, 15) is 13.2 Å². The standard InChI is InChI=1S/C14H17F3N4S/c15-14(16,17)11-5-10(3-4-19-11)21-6-8-1-2-9(7-21)12(8)20-13(18)22/h3-5,8-9,12H,1-2,6-7H2,(H3,18,20,22)/t8-,9?,12-/m0/s1. The van der Waals surface area contributed by atoms with Crippen LogP contribution in [0.25, 0.3) is 0 Å². The largest absolute Gasteiger partial charge is 0.433 e. The zero-order valence-electron chi connectivity index (χ0n) is 11.8. The molecule has 2 aliphatic rings. The van der Waals surface area contributed by atoms with Crippen LogP contribution in [0.3, 0.4) is 0 Å². The van der Waals surface area contributed by atoms with E-state index in [2.05, 4.69) is 10.3 Å². The number of halogens is 3. The van der Waals surface area contributed by atoms with Crippen LogP contribution in [-0.4, -0.2) is 29.2 Å². The van der Waals surface area contributed by atoms with E-state index in [1.165, 1.54) is 6.20 Å². The Morgan fingerprint density at radius 1 is 1.32 bits per heavy atom. The zero-order chi connectivity index (χ0) is 15.9. The lowest BCUT2D eigenvalue weighted by atomic mass is 9.92. The summed E-state index contributed by atoms with van der Waals surface area (Å²) in [5.41, 5.74) is 5.29. The molecule has 120 valence electrons. The quantitative estimate of drug-likeness (QED) is 0.814. The number of pyridine rings is 1. The Morgan fingerprint density at radius 3 is 2.50 bits per heavy atom. The number of hydrogen-bond acceptors (Lipinski definition) is 3. The first kappa shape index (κ1) is 15.3. The number of fused-ring (bicyclic) bond motifs is 2. The van der Waals surface area contributed by atoms with E-state index in [1.54, 1.807) is 6.07 Å². The molecule has 1 saturated carbocycles. The van der Waals surface area contributed by atoms with E-state index < -0.39 is 11.9 Å². The maximum atomic E-state index is 12.8. The molecule has 1 aliphatic carbocycles. The Labute approximate surface area is 131 Å². The second-order valence-corrected chi connectivity index (χ2v) is 6.37. The third kappa shape index (κ3) is 2.97. The van der Waals surface area contributed by atoms with Gasteiger partial charge in [-0.15, -0.1) is 0 Å². The number of aromatic nitrogens is 1. The van der Waals surface area contributed by atoms with Gasteiger partial charge in [-0.25, -0.2) is 0 Å².